The Morgan fingerprint density at radius 3 is 2.79 bits per heavy atom. The van der Waals surface area contributed by atoms with Gasteiger partial charge in [0.25, 0.3) is 5.56 Å². The molecule has 0 bridgehead atoms. The lowest BCUT2D eigenvalue weighted by Gasteiger charge is -2.07. The van der Waals surface area contributed by atoms with Crippen LogP contribution in [-0.4, -0.2) is 17.1 Å². The van der Waals surface area contributed by atoms with E-state index in [-0.39, 0.29) is 12.2 Å². The molecule has 2 rings (SSSR count). The van der Waals surface area contributed by atoms with Gasteiger partial charge in [0.15, 0.2) is 0 Å². The van der Waals surface area contributed by atoms with Crippen molar-refractivity contribution in [1.82, 2.24) is 9.97 Å². The maximum atomic E-state index is 11.8. The Balaban J connectivity index is 2.56. The highest BCUT2D eigenvalue weighted by Crippen LogP contribution is 2.27. The number of nitrogens with one attached hydrogen (secondary N) is 1. The van der Waals surface area contributed by atoms with Gasteiger partial charge in [-0.1, -0.05) is 17.7 Å². The number of hydrogen-bond donors (Lipinski definition) is 1. The van der Waals surface area contributed by atoms with Crippen LogP contribution in [0.2, 0.25) is 5.02 Å². The number of hydrogen-bond acceptors (Lipinski definition) is 3. The molecule has 1 aromatic heterocycles. The molecule has 0 amide bonds. The van der Waals surface area contributed by atoms with Crippen LogP contribution >= 0.6 is 43.5 Å². The minimum Gasteiger partial charge on any atom is -0.378 e. The molecule has 1 N–H and O–H groups in total. The summed E-state index contributed by atoms with van der Waals surface area (Å²) in [6.07, 6.45) is 0. The number of nitrogens with zero attached hydrogens (tertiary/aromatic N) is 1. The fourth-order valence-corrected chi connectivity index (χ4v) is 2.25. The molecule has 0 fully saturated rings. The lowest BCUT2D eigenvalue weighted by atomic mass is 10.2. The number of halogens is 3. The van der Waals surface area contributed by atoms with Crippen LogP contribution in [0, 0.1) is 0 Å². The molecule has 0 unspecified atom stereocenters. The van der Waals surface area contributed by atoms with Gasteiger partial charge in [-0.25, -0.2) is 4.98 Å². The largest absolute Gasteiger partial charge is 0.378 e. The number of aromatic nitrogens is 2. The summed E-state index contributed by atoms with van der Waals surface area (Å²) in [5, 5.41) is 0.552. The second kappa shape index (κ2) is 6.17. The standard InChI is InChI=1S/C12H9Br2ClN2O2/c1-19-5-9-10(14)12(18)17-11(16-9)6-2-3-7(13)8(15)4-6/h2-4H,5H2,1H3,(H,16,17,18). The minimum atomic E-state index is -0.254. The zero-order valence-corrected chi connectivity index (χ0v) is 13.8. The van der Waals surface area contributed by atoms with E-state index in [4.69, 9.17) is 16.3 Å². The van der Waals surface area contributed by atoms with Crippen LogP contribution < -0.4 is 5.56 Å². The first-order chi connectivity index (χ1) is 9.02. The van der Waals surface area contributed by atoms with Gasteiger partial charge < -0.3 is 9.72 Å². The zero-order chi connectivity index (χ0) is 14.0. The average molecular weight is 408 g/mol. The molecule has 0 spiro atoms. The molecule has 19 heavy (non-hydrogen) atoms. The Morgan fingerprint density at radius 2 is 2.16 bits per heavy atom. The third kappa shape index (κ3) is 3.25. The third-order valence-electron chi connectivity index (χ3n) is 2.41. The van der Waals surface area contributed by atoms with Gasteiger partial charge in [0, 0.05) is 17.1 Å². The molecule has 7 heteroatoms. The van der Waals surface area contributed by atoms with E-state index in [9.17, 15) is 4.79 Å². The molecule has 0 saturated carbocycles. The van der Waals surface area contributed by atoms with Crippen molar-refractivity contribution in [2.45, 2.75) is 6.61 Å². The van der Waals surface area contributed by atoms with Crippen LogP contribution in [0.5, 0.6) is 0 Å². The van der Waals surface area contributed by atoms with Crippen molar-refractivity contribution in [1.29, 1.82) is 0 Å². The summed E-state index contributed by atoms with van der Waals surface area (Å²) in [5.74, 6) is 0.453. The van der Waals surface area contributed by atoms with Crippen LogP contribution in [0.4, 0.5) is 0 Å². The predicted molar refractivity (Wildman–Crippen MR) is 81.4 cm³/mol. The van der Waals surface area contributed by atoms with E-state index in [1.807, 2.05) is 6.07 Å². The molecule has 0 aliphatic heterocycles. The van der Waals surface area contributed by atoms with Crippen molar-refractivity contribution in [2.75, 3.05) is 7.11 Å². The van der Waals surface area contributed by atoms with E-state index in [2.05, 4.69) is 41.8 Å². The van der Waals surface area contributed by atoms with Crippen molar-refractivity contribution >= 4 is 43.5 Å². The molecule has 100 valence electrons. The van der Waals surface area contributed by atoms with Crippen molar-refractivity contribution < 1.29 is 4.74 Å². The van der Waals surface area contributed by atoms with E-state index in [1.165, 1.54) is 0 Å². The summed E-state index contributed by atoms with van der Waals surface area (Å²) in [5.41, 5.74) is 1.02. The summed E-state index contributed by atoms with van der Waals surface area (Å²) in [6, 6.07) is 5.35. The number of methoxy groups -OCH3 is 1. The van der Waals surface area contributed by atoms with Crippen LogP contribution in [0.15, 0.2) is 31.9 Å². The van der Waals surface area contributed by atoms with Crippen molar-refractivity contribution in [3.63, 3.8) is 0 Å². The summed E-state index contributed by atoms with van der Waals surface area (Å²) < 4.78 is 6.18. The van der Waals surface area contributed by atoms with Gasteiger partial charge in [0.2, 0.25) is 0 Å². The van der Waals surface area contributed by atoms with Crippen LogP contribution in [0.3, 0.4) is 0 Å². The minimum absolute atomic E-state index is 0.252. The molecule has 0 radical (unpaired) electrons. The molecule has 0 aliphatic rings. The van der Waals surface area contributed by atoms with Crippen molar-refractivity contribution in [2.24, 2.45) is 0 Å². The summed E-state index contributed by atoms with van der Waals surface area (Å²) in [6.45, 7) is 0.252. The fraction of sp³-hybridized carbons (Fsp3) is 0.167. The molecule has 0 atom stereocenters. The number of benzene rings is 1. The molecule has 4 nitrogen and oxygen atoms in total. The number of rotatable bonds is 3. The van der Waals surface area contributed by atoms with E-state index < -0.39 is 0 Å². The van der Waals surface area contributed by atoms with Gasteiger partial charge in [0.05, 0.1) is 17.3 Å². The first-order valence-corrected chi connectivity index (χ1v) is 7.22. The predicted octanol–water partition coefficient (Wildman–Crippen LogP) is 3.76. The lowest BCUT2D eigenvalue weighted by Crippen LogP contribution is -2.14. The van der Waals surface area contributed by atoms with Crippen molar-refractivity contribution in [3.8, 4) is 11.4 Å². The second-order valence-corrected chi connectivity index (χ2v) is 5.79. The highest BCUT2D eigenvalue weighted by atomic mass is 79.9. The molecule has 1 heterocycles. The first kappa shape index (κ1) is 14.7. The number of ether oxygens (including phenoxy) is 1. The van der Waals surface area contributed by atoms with Crippen LogP contribution in [0.25, 0.3) is 11.4 Å². The second-order valence-electron chi connectivity index (χ2n) is 3.74. The highest BCUT2D eigenvalue weighted by Gasteiger charge is 2.11. The average Bonchev–Trinajstić information content (AvgIpc) is 2.38. The molecule has 0 aliphatic carbocycles. The molecule has 0 saturated heterocycles. The Labute approximate surface area is 131 Å². The van der Waals surface area contributed by atoms with Gasteiger partial charge >= 0.3 is 0 Å². The maximum Gasteiger partial charge on any atom is 0.265 e. The molecular weight excluding hydrogens is 399 g/mol. The van der Waals surface area contributed by atoms with Crippen molar-refractivity contribution in [3.05, 3.63) is 48.2 Å². The summed E-state index contributed by atoms with van der Waals surface area (Å²) in [7, 11) is 1.55. The van der Waals surface area contributed by atoms with Gasteiger partial charge in [-0.2, -0.15) is 0 Å². The van der Waals surface area contributed by atoms with E-state index in [0.29, 0.717) is 21.0 Å². The first-order valence-electron chi connectivity index (χ1n) is 5.26. The normalized spacial score (nSPS) is 10.7. The van der Waals surface area contributed by atoms with Gasteiger partial charge in [-0.05, 0) is 44.0 Å². The van der Waals surface area contributed by atoms with Crippen LogP contribution in [-0.2, 0) is 11.3 Å². The summed E-state index contributed by atoms with van der Waals surface area (Å²) >= 11 is 12.5. The lowest BCUT2D eigenvalue weighted by molar-refractivity contribution is 0.180. The monoisotopic (exact) mass is 406 g/mol. The SMILES string of the molecule is COCc1nc(-c2ccc(Br)c(Cl)c2)[nH]c(=O)c1Br. The molecular formula is C12H9Br2ClN2O2. The Kier molecular flexibility index (Phi) is 4.78. The van der Waals surface area contributed by atoms with E-state index >= 15 is 0 Å². The Bertz CT molecular complexity index is 673. The third-order valence-corrected chi connectivity index (χ3v) is 4.46. The number of H-pyrrole nitrogens is 1. The zero-order valence-electron chi connectivity index (χ0n) is 9.84. The van der Waals surface area contributed by atoms with Gasteiger partial charge in [-0.15, -0.1) is 0 Å². The number of aromatic amines is 1. The smallest absolute Gasteiger partial charge is 0.265 e. The molecule has 1 aromatic carbocycles. The quantitative estimate of drug-likeness (QED) is 0.841. The van der Waals surface area contributed by atoms with Gasteiger partial charge in [-0.3, -0.25) is 4.79 Å². The highest BCUT2D eigenvalue weighted by molar-refractivity contribution is 9.10. The molecule has 2 aromatic rings. The van der Waals surface area contributed by atoms with Crippen LogP contribution in [0.1, 0.15) is 5.69 Å². The van der Waals surface area contributed by atoms with Gasteiger partial charge in [0.1, 0.15) is 10.3 Å². The Hall–Kier alpha value is -0.690. The van der Waals surface area contributed by atoms with E-state index in [1.54, 1.807) is 19.2 Å². The summed E-state index contributed by atoms with van der Waals surface area (Å²) in [4.78, 5) is 18.9. The fourth-order valence-electron chi connectivity index (χ4n) is 1.52. The topological polar surface area (TPSA) is 55.0 Å². The Morgan fingerprint density at radius 1 is 1.42 bits per heavy atom. The van der Waals surface area contributed by atoms with E-state index in [0.717, 1.165) is 10.0 Å². The maximum absolute atomic E-state index is 11.8.